The van der Waals surface area contributed by atoms with Crippen molar-refractivity contribution < 1.29 is 9.47 Å². The summed E-state index contributed by atoms with van der Waals surface area (Å²) in [5.74, 6) is 0.569. The number of ether oxygens (including phenoxy) is 2. The highest BCUT2D eigenvalue weighted by Gasteiger charge is 2.24. The Hall–Kier alpha value is -0.120. The Balaban J connectivity index is 2.16. The van der Waals surface area contributed by atoms with E-state index in [1.807, 2.05) is 0 Å². The van der Waals surface area contributed by atoms with Gasteiger partial charge in [0.25, 0.3) is 0 Å². The van der Waals surface area contributed by atoms with Crippen LogP contribution in [0.25, 0.3) is 0 Å². The molecular weight excluding hydrogens is 178 g/mol. The molecule has 3 heteroatoms. The van der Waals surface area contributed by atoms with Crippen LogP contribution in [-0.2, 0) is 9.47 Å². The fourth-order valence-corrected chi connectivity index (χ4v) is 1.40. The average Bonchev–Trinajstić information content (AvgIpc) is 2.07. The van der Waals surface area contributed by atoms with Gasteiger partial charge in [-0.15, -0.1) is 0 Å². The molecule has 3 nitrogen and oxygen atoms in total. The van der Waals surface area contributed by atoms with Gasteiger partial charge in [-0.25, -0.2) is 0 Å². The summed E-state index contributed by atoms with van der Waals surface area (Å²) in [6, 6.07) is 0. The van der Waals surface area contributed by atoms with Crippen molar-refractivity contribution in [1.29, 1.82) is 0 Å². The monoisotopic (exact) mass is 201 g/mol. The van der Waals surface area contributed by atoms with Crippen LogP contribution >= 0.6 is 0 Å². The Kier molecular flexibility index (Phi) is 5.45. The van der Waals surface area contributed by atoms with Gasteiger partial charge in [0.1, 0.15) is 6.10 Å². The minimum atomic E-state index is 0.329. The van der Waals surface area contributed by atoms with E-state index in [-0.39, 0.29) is 0 Å². The zero-order valence-corrected chi connectivity index (χ0v) is 9.58. The standard InChI is InChI=1S/C11H23NO2/c1-4-5-12-6-11(9(2)3)14-10-7-13-8-10/h9-12H,4-8H2,1-3H3. The van der Waals surface area contributed by atoms with Crippen LogP contribution in [0.1, 0.15) is 27.2 Å². The van der Waals surface area contributed by atoms with E-state index in [1.54, 1.807) is 0 Å². The molecule has 0 aromatic carbocycles. The third-order valence-corrected chi connectivity index (χ3v) is 2.49. The van der Waals surface area contributed by atoms with E-state index in [0.717, 1.165) is 26.3 Å². The lowest BCUT2D eigenvalue weighted by molar-refractivity contribution is -0.161. The summed E-state index contributed by atoms with van der Waals surface area (Å²) in [5, 5.41) is 3.40. The minimum absolute atomic E-state index is 0.329. The zero-order chi connectivity index (χ0) is 10.4. The molecule has 1 saturated heterocycles. The van der Waals surface area contributed by atoms with E-state index < -0.39 is 0 Å². The lowest BCUT2D eigenvalue weighted by Gasteiger charge is -2.32. The molecule has 1 rings (SSSR count). The minimum Gasteiger partial charge on any atom is -0.376 e. The van der Waals surface area contributed by atoms with E-state index in [2.05, 4.69) is 26.1 Å². The summed E-state index contributed by atoms with van der Waals surface area (Å²) in [5.41, 5.74) is 0. The van der Waals surface area contributed by atoms with E-state index in [4.69, 9.17) is 9.47 Å². The number of hydrogen-bond acceptors (Lipinski definition) is 3. The van der Waals surface area contributed by atoms with Crippen molar-refractivity contribution >= 4 is 0 Å². The van der Waals surface area contributed by atoms with Crippen LogP contribution in [0.2, 0.25) is 0 Å². The van der Waals surface area contributed by atoms with Crippen LogP contribution in [0.3, 0.4) is 0 Å². The van der Waals surface area contributed by atoms with Crippen molar-refractivity contribution in [3.05, 3.63) is 0 Å². The second-order valence-corrected chi connectivity index (χ2v) is 4.28. The summed E-state index contributed by atoms with van der Waals surface area (Å²) in [6.07, 6.45) is 1.85. The van der Waals surface area contributed by atoms with Gasteiger partial charge in [0.2, 0.25) is 0 Å². The molecule has 1 atom stereocenters. The van der Waals surface area contributed by atoms with Gasteiger partial charge in [0.05, 0.1) is 19.3 Å². The molecule has 1 heterocycles. The molecule has 0 spiro atoms. The molecule has 0 aliphatic carbocycles. The van der Waals surface area contributed by atoms with E-state index >= 15 is 0 Å². The molecule has 1 aliphatic heterocycles. The summed E-state index contributed by atoms with van der Waals surface area (Å²) >= 11 is 0. The Bertz CT molecular complexity index is 146. The van der Waals surface area contributed by atoms with Crippen molar-refractivity contribution in [2.75, 3.05) is 26.3 Å². The number of hydrogen-bond donors (Lipinski definition) is 1. The topological polar surface area (TPSA) is 30.5 Å². The predicted molar refractivity (Wildman–Crippen MR) is 57.5 cm³/mol. The molecule has 1 aliphatic rings. The number of nitrogens with one attached hydrogen (secondary N) is 1. The Morgan fingerprint density at radius 3 is 2.57 bits per heavy atom. The third kappa shape index (κ3) is 3.95. The highest BCUT2D eigenvalue weighted by atomic mass is 16.6. The molecular formula is C11H23NO2. The molecule has 14 heavy (non-hydrogen) atoms. The van der Waals surface area contributed by atoms with E-state index in [1.165, 1.54) is 6.42 Å². The Morgan fingerprint density at radius 1 is 1.43 bits per heavy atom. The first-order valence-corrected chi connectivity index (χ1v) is 5.68. The van der Waals surface area contributed by atoms with Gasteiger partial charge in [-0.1, -0.05) is 20.8 Å². The third-order valence-electron chi connectivity index (χ3n) is 2.49. The summed E-state index contributed by atoms with van der Waals surface area (Å²) in [4.78, 5) is 0. The van der Waals surface area contributed by atoms with Crippen LogP contribution in [-0.4, -0.2) is 38.5 Å². The number of rotatable bonds is 7. The van der Waals surface area contributed by atoms with Crippen molar-refractivity contribution in [2.45, 2.75) is 39.4 Å². The van der Waals surface area contributed by atoms with Gasteiger partial charge in [0.15, 0.2) is 0 Å². The predicted octanol–water partition coefficient (Wildman–Crippen LogP) is 1.43. The second-order valence-electron chi connectivity index (χ2n) is 4.28. The fourth-order valence-electron chi connectivity index (χ4n) is 1.40. The Labute approximate surface area is 87.2 Å². The first-order chi connectivity index (χ1) is 6.74. The first-order valence-electron chi connectivity index (χ1n) is 5.68. The fraction of sp³-hybridized carbons (Fsp3) is 1.00. The van der Waals surface area contributed by atoms with Crippen LogP contribution in [0.5, 0.6) is 0 Å². The van der Waals surface area contributed by atoms with Crippen LogP contribution < -0.4 is 5.32 Å². The molecule has 1 N–H and O–H groups in total. The summed E-state index contributed by atoms with van der Waals surface area (Å²) in [6.45, 7) is 10.2. The molecule has 0 radical (unpaired) electrons. The highest BCUT2D eigenvalue weighted by molar-refractivity contribution is 4.72. The maximum atomic E-state index is 5.91. The average molecular weight is 201 g/mol. The zero-order valence-electron chi connectivity index (χ0n) is 9.58. The summed E-state index contributed by atoms with van der Waals surface area (Å²) in [7, 11) is 0. The van der Waals surface area contributed by atoms with Crippen LogP contribution in [0, 0.1) is 5.92 Å². The molecule has 0 aromatic rings. The van der Waals surface area contributed by atoms with Gasteiger partial charge in [-0.05, 0) is 18.9 Å². The molecule has 0 bridgehead atoms. The maximum Gasteiger partial charge on any atom is 0.105 e. The molecule has 0 saturated carbocycles. The quantitative estimate of drug-likeness (QED) is 0.632. The van der Waals surface area contributed by atoms with Crippen molar-refractivity contribution in [3.63, 3.8) is 0 Å². The Morgan fingerprint density at radius 2 is 2.14 bits per heavy atom. The summed E-state index contributed by atoms with van der Waals surface area (Å²) < 4.78 is 11.0. The lowest BCUT2D eigenvalue weighted by Crippen LogP contribution is -2.44. The van der Waals surface area contributed by atoms with Gasteiger partial charge < -0.3 is 14.8 Å². The van der Waals surface area contributed by atoms with Crippen molar-refractivity contribution in [2.24, 2.45) is 5.92 Å². The largest absolute Gasteiger partial charge is 0.376 e. The lowest BCUT2D eigenvalue weighted by atomic mass is 10.1. The normalized spacial score (nSPS) is 19.7. The van der Waals surface area contributed by atoms with Gasteiger partial charge in [-0.2, -0.15) is 0 Å². The molecule has 84 valence electrons. The van der Waals surface area contributed by atoms with Crippen LogP contribution in [0.4, 0.5) is 0 Å². The molecule has 1 unspecified atom stereocenters. The van der Waals surface area contributed by atoms with Gasteiger partial charge >= 0.3 is 0 Å². The molecule has 0 amide bonds. The highest BCUT2D eigenvalue weighted by Crippen LogP contribution is 2.13. The SMILES string of the molecule is CCCNCC(OC1COC1)C(C)C. The van der Waals surface area contributed by atoms with Gasteiger partial charge in [-0.3, -0.25) is 0 Å². The maximum absolute atomic E-state index is 5.91. The van der Waals surface area contributed by atoms with Crippen LogP contribution in [0.15, 0.2) is 0 Å². The smallest absolute Gasteiger partial charge is 0.105 e. The van der Waals surface area contributed by atoms with Crippen molar-refractivity contribution in [3.8, 4) is 0 Å². The van der Waals surface area contributed by atoms with Gasteiger partial charge in [0, 0.05) is 6.54 Å². The van der Waals surface area contributed by atoms with E-state index in [9.17, 15) is 0 Å². The second kappa shape index (κ2) is 6.38. The van der Waals surface area contributed by atoms with E-state index in [0.29, 0.717) is 18.1 Å². The molecule has 1 fully saturated rings. The van der Waals surface area contributed by atoms with Crippen molar-refractivity contribution in [1.82, 2.24) is 5.32 Å². The first kappa shape index (κ1) is 12.0. The molecule has 0 aromatic heterocycles.